The number of nitrogens with zero attached hydrogens (tertiary/aromatic N) is 1. The third-order valence-electron chi connectivity index (χ3n) is 4.94. The summed E-state index contributed by atoms with van der Waals surface area (Å²) in [6, 6.07) is 23.6. The predicted octanol–water partition coefficient (Wildman–Crippen LogP) is 6.23. The van der Waals surface area contributed by atoms with Crippen molar-refractivity contribution in [2.45, 2.75) is 20.8 Å². The molecule has 3 aromatic carbocycles. The van der Waals surface area contributed by atoms with Crippen LogP contribution in [0.1, 0.15) is 16.7 Å². The van der Waals surface area contributed by atoms with E-state index in [1.807, 2.05) is 6.07 Å². The van der Waals surface area contributed by atoms with Gasteiger partial charge >= 0.3 is 0 Å². The highest BCUT2D eigenvalue weighted by Crippen LogP contribution is 2.35. The van der Waals surface area contributed by atoms with Gasteiger partial charge in [0.15, 0.2) is 0 Å². The van der Waals surface area contributed by atoms with Crippen LogP contribution < -0.4 is 4.74 Å². The molecule has 0 radical (unpaired) electrons. The van der Waals surface area contributed by atoms with Crippen molar-refractivity contribution in [3.05, 3.63) is 83.4 Å². The molecule has 0 aliphatic carbocycles. The third kappa shape index (κ3) is 2.68. The molecule has 0 amide bonds. The van der Waals surface area contributed by atoms with Crippen molar-refractivity contribution in [2.75, 3.05) is 7.11 Å². The predicted molar refractivity (Wildman–Crippen MR) is 109 cm³/mol. The van der Waals surface area contributed by atoms with Gasteiger partial charge < -0.3 is 9.30 Å². The minimum absolute atomic E-state index is 0.881. The Balaban J connectivity index is 2.10. The molecule has 0 fully saturated rings. The minimum Gasteiger partial charge on any atom is -0.497 e. The first-order chi connectivity index (χ1) is 12.6. The fraction of sp³-hybridized carbons (Fsp3) is 0.167. The topological polar surface area (TPSA) is 14.2 Å². The van der Waals surface area contributed by atoms with E-state index in [0.717, 1.165) is 5.75 Å². The number of benzene rings is 3. The molecule has 4 rings (SSSR count). The quantitative estimate of drug-likeness (QED) is 0.431. The lowest BCUT2D eigenvalue weighted by molar-refractivity contribution is 0.415. The summed E-state index contributed by atoms with van der Waals surface area (Å²) >= 11 is 0. The largest absolute Gasteiger partial charge is 0.497 e. The highest BCUT2D eigenvalue weighted by molar-refractivity contribution is 5.90. The molecule has 2 heteroatoms. The molecule has 0 unspecified atom stereocenters. The molecule has 0 spiro atoms. The average Bonchev–Trinajstić information content (AvgIpc) is 3.00. The number of hydrogen-bond acceptors (Lipinski definition) is 1. The Kier molecular flexibility index (Phi) is 4.04. The summed E-state index contributed by atoms with van der Waals surface area (Å²) in [6.07, 6.45) is 0. The zero-order chi connectivity index (χ0) is 18.3. The lowest BCUT2D eigenvalue weighted by Crippen LogP contribution is -2.02. The van der Waals surface area contributed by atoms with Crippen molar-refractivity contribution in [1.29, 1.82) is 0 Å². The zero-order valence-electron chi connectivity index (χ0n) is 15.7. The van der Waals surface area contributed by atoms with Gasteiger partial charge in [0.25, 0.3) is 0 Å². The highest BCUT2D eigenvalue weighted by atomic mass is 16.5. The third-order valence-corrected chi connectivity index (χ3v) is 4.94. The summed E-state index contributed by atoms with van der Waals surface area (Å²) in [5.41, 5.74) is 8.73. The molecule has 0 bridgehead atoms. The second-order valence-electron chi connectivity index (χ2n) is 6.90. The van der Waals surface area contributed by atoms with Gasteiger partial charge in [0.2, 0.25) is 0 Å². The van der Waals surface area contributed by atoms with Crippen molar-refractivity contribution in [1.82, 2.24) is 4.57 Å². The van der Waals surface area contributed by atoms with Crippen LogP contribution in [0.15, 0.2) is 66.7 Å². The second-order valence-corrected chi connectivity index (χ2v) is 6.90. The van der Waals surface area contributed by atoms with Crippen LogP contribution in [0.25, 0.3) is 27.8 Å². The lowest BCUT2D eigenvalue weighted by Gasteiger charge is -2.17. The van der Waals surface area contributed by atoms with Crippen molar-refractivity contribution in [3.8, 4) is 22.7 Å². The van der Waals surface area contributed by atoms with Crippen LogP contribution in [0.5, 0.6) is 5.75 Å². The summed E-state index contributed by atoms with van der Waals surface area (Å²) in [5.74, 6) is 0.881. The maximum absolute atomic E-state index is 5.44. The van der Waals surface area contributed by atoms with Gasteiger partial charge in [0.1, 0.15) is 5.75 Å². The van der Waals surface area contributed by atoms with Gasteiger partial charge in [-0.1, -0.05) is 48.0 Å². The number of fused-ring (bicyclic) bond motifs is 1. The minimum atomic E-state index is 0.881. The van der Waals surface area contributed by atoms with E-state index in [4.69, 9.17) is 4.74 Å². The molecular weight excluding hydrogens is 318 g/mol. The van der Waals surface area contributed by atoms with Crippen molar-refractivity contribution < 1.29 is 4.74 Å². The molecule has 2 nitrogen and oxygen atoms in total. The first-order valence-corrected chi connectivity index (χ1v) is 8.91. The molecule has 1 heterocycles. The Morgan fingerprint density at radius 1 is 0.769 bits per heavy atom. The van der Waals surface area contributed by atoms with Crippen LogP contribution in [0.3, 0.4) is 0 Å². The first-order valence-electron chi connectivity index (χ1n) is 8.91. The zero-order valence-corrected chi connectivity index (χ0v) is 15.7. The molecule has 0 saturated carbocycles. The molecule has 1 aromatic heterocycles. The summed E-state index contributed by atoms with van der Waals surface area (Å²) < 4.78 is 7.82. The van der Waals surface area contributed by atoms with Gasteiger partial charge in [0.05, 0.1) is 24.0 Å². The number of methoxy groups -OCH3 is 1. The Morgan fingerprint density at radius 2 is 1.46 bits per heavy atom. The fourth-order valence-electron chi connectivity index (χ4n) is 3.91. The molecule has 0 aliphatic heterocycles. The lowest BCUT2D eigenvalue weighted by atomic mass is 10.0. The molecular formula is C24H23NO. The first kappa shape index (κ1) is 16.5. The Morgan fingerprint density at radius 3 is 2.12 bits per heavy atom. The van der Waals surface area contributed by atoms with Crippen LogP contribution in [-0.4, -0.2) is 11.7 Å². The number of ether oxygens (including phenoxy) is 1. The number of aromatic nitrogens is 1. The van der Waals surface area contributed by atoms with E-state index in [1.165, 1.54) is 44.5 Å². The number of rotatable bonds is 3. The molecule has 130 valence electrons. The Hall–Kier alpha value is -3.00. The number of hydrogen-bond donors (Lipinski definition) is 0. The molecule has 0 atom stereocenters. The van der Waals surface area contributed by atoms with Gasteiger partial charge in [-0.05, 0) is 61.7 Å². The van der Waals surface area contributed by atoms with Gasteiger partial charge in [-0.3, -0.25) is 0 Å². The summed E-state index contributed by atoms with van der Waals surface area (Å²) in [5, 5.41) is 1.18. The standard InChI is InChI=1S/C24H23NO/c1-16-12-17(2)24(18(3)13-16)25-22-11-10-21(26-4)14-20(22)15-23(25)19-8-6-5-7-9-19/h5-15H,1-4H3. The average molecular weight is 341 g/mol. The van der Waals surface area contributed by atoms with Crippen molar-refractivity contribution >= 4 is 10.9 Å². The Bertz CT molecular complexity index is 1070. The van der Waals surface area contributed by atoms with Crippen molar-refractivity contribution in [2.24, 2.45) is 0 Å². The van der Waals surface area contributed by atoms with Gasteiger partial charge in [-0.25, -0.2) is 0 Å². The van der Waals surface area contributed by atoms with Crippen LogP contribution >= 0.6 is 0 Å². The monoisotopic (exact) mass is 341 g/mol. The van der Waals surface area contributed by atoms with E-state index in [9.17, 15) is 0 Å². The molecule has 0 saturated heterocycles. The highest BCUT2D eigenvalue weighted by Gasteiger charge is 2.16. The molecule has 4 aromatic rings. The van der Waals surface area contributed by atoms with E-state index in [2.05, 4.69) is 86.0 Å². The Labute approximate surface area is 154 Å². The van der Waals surface area contributed by atoms with Gasteiger partial charge in [0, 0.05) is 5.39 Å². The summed E-state index contributed by atoms with van der Waals surface area (Å²) in [7, 11) is 1.71. The fourth-order valence-corrected chi connectivity index (χ4v) is 3.91. The normalized spacial score (nSPS) is 11.1. The van der Waals surface area contributed by atoms with E-state index in [0.29, 0.717) is 0 Å². The summed E-state index contributed by atoms with van der Waals surface area (Å²) in [6.45, 7) is 6.54. The van der Waals surface area contributed by atoms with Crippen LogP contribution in [-0.2, 0) is 0 Å². The van der Waals surface area contributed by atoms with E-state index in [-0.39, 0.29) is 0 Å². The van der Waals surface area contributed by atoms with Crippen LogP contribution in [0.2, 0.25) is 0 Å². The molecule has 0 aliphatic rings. The molecule has 0 N–H and O–H groups in total. The van der Waals surface area contributed by atoms with Crippen molar-refractivity contribution in [3.63, 3.8) is 0 Å². The van der Waals surface area contributed by atoms with Crippen LogP contribution in [0.4, 0.5) is 0 Å². The van der Waals surface area contributed by atoms with E-state index < -0.39 is 0 Å². The maximum Gasteiger partial charge on any atom is 0.119 e. The van der Waals surface area contributed by atoms with Crippen LogP contribution in [0, 0.1) is 20.8 Å². The van der Waals surface area contributed by atoms with E-state index >= 15 is 0 Å². The van der Waals surface area contributed by atoms with Gasteiger partial charge in [-0.15, -0.1) is 0 Å². The van der Waals surface area contributed by atoms with Gasteiger partial charge in [-0.2, -0.15) is 0 Å². The molecule has 26 heavy (non-hydrogen) atoms. The second kappa shape index (κ2) is 6.38. The summed E-state index contributed by atoms with van der Waals surface area (Å²) in [4.78, 5) is 0. The van der Waals surface area contributed by atoms with E-state index in [1.54, 1.807) is 7.11 Å². The maximum atomic E-state index is 5.44. The smallest absolute Gasteiger partial charge is 0.119 e. The number of aryl methyl sites for hydroxylation is 3. The SMILES string of the molecule is COc1ccc2c(c1)cc(-c1ccccc1)n2-c1c(C)cc(C)cc1C.